The third-order valence-corrected chi connectivity index (χ3v) is 3.24. The molecule has 0 N–H and O–H groups in total. The van der Waals surface area contributed by atoms with Gasteiger partial charge in [-0.3, -0.25) is 4.21 Å². The normalized spacial score (nSPS) is 15.3. The van der Waals surface area contributed by atoms with E-state index in [4.69, 9.17) is 1.37 Å². The molecule has 2 heteroatoms. The molecule has 2 atom stereocenters. The minimum absolute atomic E-state index is 0.700. The summed E-state index contributed by atoms with van der Waals surface area (Å²) >= 11 is 0. The van der Waals surface area contributed by atoms with Gasteiger partial charge in [0.05, 0.1) is 16.5 Å². The minimum Gasteiger partial charge on any atom is -0.254 e. The van der Waals surface area contributed by atoms with Gasteiger partial charge in [-0.2, -0.15) is 0 Å². The van der Waals surface area contributed by atoms with E-state index in [1.807, 2.05) is 48.5 Å². The van der Waals surface area contributed by atoms with Crippen LogP contribution in [-0.4, -0.2) is 4.21 Å². The first-order valence-corrected chi connectivity index (χ1v) is 5.93. The van der Waals surface area contributed by atoms with Gasteiger partial charge in [-0.15, -0.1) is 0 Å². The van der Waals surface area contributed by atoms with E-state index in [0.717, 1.165) is 5.56 Å². The Morgan fingerprint density at radius 1 is 0.933 bits per heavy atom. The van der Waals surface area contributed by atoms with Crippen molar-refractivity contribution in [1.29, 1.82) is 0 Å². The quantitative estimate of drug-likeness (QED) is 0.772. The minimum atomic E-state index is -1.31. The highest BCUT2D eigenvalue weighted by Gasteiger charge is 2.03. The lowest BCUT2D eigenvalue weighted by Crippen LogP contribution is -1.95. The van der Waals surface area contributed by atoms with Crippen LogP contribution in [0.4, 0.5) is 0 Å². The van der Waals surface area contributed by atoms with Gasteiger partial charge in [0, 0.05) is 6.27 Å². The fourth-order valence-corrected chi connectivity index (χ4v) is 2.24. The highest BCUT2D eigenvalue weighted by molar-refractivity contribution is 7.84. The Labute approximate surface area is 93.6 Å². The summed E-state index contributed by atoms with van der Waals surface area (Å²) in [5.74, 6) is 0. The van der Waals surface area contributed by atoms with Crippen molar-refractivity contribution in [2.45, 2.75) is 10.6 Å². The van der Waals surface area contributed by atoms with Crippen LogP contribution < -0.4 is 0 Å². The molecular formula is C13H12OS. The summed E-state index contributed by atoms with van der Waals surface area (Å²) in [5.41, 5.74) is 0.0632. The van der Waals surface area contributed by atoms with Crippen LogP contribution in [0, 0.1) is 0 Å². The van der Waals surface area contributed by atoms with E-state index in [-0.39, 0.29) is 0 Å². The number of hydrogen-bond donors (Lipinski definition) is 0. The molecule has 0 aliphatic heterocycles. The molecule has 0 saturated carbocycles. The molecule has 2 aromatic carbocycles. The molecule has 0 unspecified atom stereocenters. The molecule has 0 fully saturated rings. The van der Waals surface area contributed by atoms with Crippen LogP contribution in [0.5, 0.6) is 0 Å². The second kappa shape index (κ2) is 4.89. The van der Waals surface area contributed by atoms with Crippen LogP contribution in [0.1, 0.15) is 6.93 Å². The first kappa shape index (κ1) is 8.86. The third kappa shape index (κ3) is 2.77. The van der Waals surface area contributed by atoms with E-state index in [1.165, 1.54) is 0 Å². The Balaban J connectivity index is 2.24. The predicted octanol–water partition coefficient (Wildman–Crippen LogP) is 2.99. The van der Waals surface area contributed by atoms with Crippen molar-refractivity contribution in [3.8, 4) is 0 Å². The standard InChI is InChI=1S/C13H12OS/c14-15(13-9-5-2-6-10-13)11-12-7-3-1-4-8-12/h1-10H,11H2/t15-/m0/s1/i11D/t11-,15+/m1. The maximum atomic E-state index is 12.1. The molecular weight excluding hydrogens is 204 g/mol. The van der Waals surface area contributed by atoms with E-state index >= 15 is 0 Å². The molecule has 0 saturated heterocycles. The first-order valence-electron chi connectivity index (χ1n) is 5.29. The van der Waals surface area contributed by atoms with Gasteiger partial charge < -0.3 is 0 Å². The summed E-state index contributed by atoms with van der Waals surface area (Å²) in [6, 6.07) is 18.4. The average molecular weight is 217 g/mol. The average Bonchev–Trinajstić information content (AvgIpc) is 2.39. The molecule has 2 rings (SSSR count). The molecule has 0 aliphatic rings. The fraction of sp³-hybridized carbons (Fsp3) is 0.0769. The van der Waals surface area contributed by atoms with Crippen LogP contribution in [0.15, 0.2) is 65.6 Å². The van der Waals surface area contributed by atoms with Crippen LogP contribution >= 0.6 is 0 Å². The van der Waals surface area contributed by atoms with E-state index in [2.05, 4.69) is 0 Å². The zero-order chi connectivity index (χ0) is 11.4. The van der Waals surface area contributed by atoms with Crippen molar-refractivity contribution in [3.05, 3.63) is 66.2 Å². The monoisotopic (exact) mass is 217 g/mol. The Bertz CT molecular complexity index is 470. The molecule has 0 aliphatic carbocycles. The maximum absolute atomic E-state index is 12.1. The summed E-state index contributed by atoms with van der Waals surface area (Å²) in [6.07, 6.45) is 0. The van der Waals surface area contributed by atoms with Gasteiger partial charge in [0.2, 0.25) is 0 Å². The number of benzene rings is 2. The molecule has 0 amide bonds. The largest absolute Gasteiger partial charge is 0.254 e. The topological polar surface area (TPSA) is 17.1 Å². The Morgan fingerprint density at radius 3 is 2.07 bits per heavy atom. The van der Waals surface area contributed by atoms with Crippen LogP contribution in [0.3, 0.4) is 0 Å². The van der Waals surface area contributed by atoms with Crippen LogP contribution in [0.2, 0.25) is 0 Å². The molecule has 0 radical (unpaired) electrons. The molecule has 2 aromatic rings. The van der Waals surface area contributed by atoms with Gasteiger partial charge in [0.1, 0.15) is 0 Å². The summed E-state index contributed by atoms with van der Waals surface area (Å²) < 4.78 is 20.0. The second-order valence-corrected chi connectivity index (χ2v) is 4.44. The second-order valence-electron chi connectivity index (χ2n) is 3.14. The van der Waals surface area contributed by atoms with E-state index in [0.29, 0.717) is 4.90 Å². The van der Waals surface area contributed by atoms with Gasteiger partial charge in [-0.05, 0) is 17.7 Å². The highest BCUT2D eigenvalue weighted by atomic mass is 32.2. The van der Waals surface area contributed by atoms with Crippen molar-refractivity contribution < 1.29 is 5.58 Å². The van der Waals surface area contributed by atoms with Gasteiger partial charge in [0.25, 0.3) is 0 Å². The van der Waals surface area contributed by atoms with Crippen molar-refractivity contribution >= 4 is 10.8 Å². The Morgan fingerprint density at radius 2 is 1.47 bits per heavy atom. The zero-order valence-corrected chi connectivity index (χ0v) is 8.98. The lowest BCUT2D eigenvalue weighted by Gasteiger charge is -2.01. The van der Waals surface area contributed by atoms with E-state index in [1.54, 1.807) is 12.1 Å². The van der Waals surface area contributed by atoms with Crippen molar-refractivity contribution in [3.63, 3.8) is 0 Å². The number of hydrogen-bond acceptors (Lipinski definition) is 1. The Kier molecular flexibility index (Phi) is 2.89. The smallest absolute Gasteiger partial charge is 0.0574 e. The van der Waals surface area contributed by atoms with Gasteiger partial charge >= 0.3 is 0 Å². The Hall–Kier alpha value is -1.41. The lowest BCUT2D eigenvalue weighted by molar-refractivity contribution is 0.682. The summed E-state index contributed by atoms with van der Waals surface area (Å²) in [4.78, 5) is 0.700. The molecule has 0 heterocycles. The molecule has 15 heavy (non-hydrogen) atoms. The van der Waals surface area contributed by atoms with Gasteiger partial charge in [-0.1, -0.05) is 48.5 Å². The fourth-order valence-electron chi connectivity index (χ4n) is 1.28. The third-order valence-electron chi connectivity index (χ3n) is 2.02. The number of rotatable bonds is 3. The van der Waals surface area contributed by atoms with Crippen molar-refractivity contribution in [1.82, 2.24) is 0 Å². The maximum Gasteiger partial charge on any atom is 0.0574 e. The SMILES string of the molecule is [2H][C@H](c1ccccc1)[S@](=O)c1ccccc1. The summed E-state index contributed by atoms with van der Waals surface area (Å²) in [7, 11) is -1.31. The lowest BCUT2D eigenvalue weighted by atomic mass is 10.2. The summed E-state index contributed by atoms with van der Waals surface area (Å²) in [5, 5.41) is 0. The molecule has 76 valence electrons. The molecule has 0 spiro atoms. The molecule has 0 aromatic heterocycles. The van der Waals surface area contributed by atoms with Gasteiger partial charge in [-0.25, -0.2) is 0 Å². The van der Waals surface area contributed by atoms with E-state index in [9.17, 15) is 4.21 Å². The highest BCUT2D eigenvalue weighted by Crippen LogP contribution is 2.11. The van der Waals surface area contributed by atoms with Crippen molar-refractivity contribution in [2.75, 3.05) is 0 Å². The van der Waals surface area contributed by atoms with Crippen LogP contribution in [0.25, 0.3) is 0 Å². The predicted molar refractivity (Wildman–Crippen MR) is 63.0 cm³/mol. The van der Waals surface area contributed by atoms with Crippen molar-refractivity contribution in [2.24, 2.45) is 0 Å². The first-order chi connectivity index (χ1) is 7.79. The summed E-state index contributed by atoms with van der Waals surface area (Å²) in [6.45, 7) is 0. The molecule has 0 bridgehead atoms. The van der Waals surface area contributed by atoms with Gasteiger partial charge in [0.15, 0.2) is 0 Å². The molecule has 1 nitrogen and oxygen atoms in total. The van der Waals surface area contributed by atoms with E-state index < -0.39 is 16.5 Å². The zero-order valence-electron chi connectivity index (χ0n) is 9.17. The van der Waals surface area contributed by atoms with Crippen LogP contribution in [-0.2, 0) is 16.5 Å².